The van der Waals surface area contributed by atoms with Gasteiger partial charge in [0.2, 0.25) is 0 Å². The lowest BCUT2D eigenvalue weighted by Crippen LogP contribution is -2.33. The second-order valence-electron chi connectivity index (χ2n) is 7.08. The first kappa shape index (κ1) is 15.5. The first-order chi connectivity index (χ1) is 11.6. The lowest BCUT2D eigenvalue weighted by atomic mass is 9.97. The van der Waals surface area contributed by atoms with E-state index in [1.165, 1.54) is 5.56 Å². The topological polar surface area (TPSA) is 68.1 Å². The van der Waals surface area contributed by atoms with Gasteiger partial charge in [-0.2, -0.15) is 10.2 Å². The summed E-state index contributed by atoms with van der Waals surface area (Å²) < 4.78 is 8.07. The van der Waals surface area contributed by atoms with Gasteiger partial charge >= 0.3 is 0 Å². The molecule has 0 bridgehead atoms. The standard InChI is InChI=1S/C17H24N6O/c1-13-3-4-16(21-20-13)19-15-7-17(24-11-15)5-6-23(12-17)10-14-8-18-22(2)9-14/h3-4,8-9,15H,5-7,10-12H2,1-2H3,(H,19,21)/t15-,17-/m1/s1. The van der Waals surface area contributed by atoms with Gasteiger partial charge in [0.25, 0.3) is 0 Å². The average molecular weight is 328 g/mol. The molecule has 2 aliphatic rings. The Bertz CT molecular complexity index is 699. The highest BCUT2D eigenvalue weighted by molar-refractivity contribution is 5.34. The fourth-order valence-corrected chi connectivity index (χ4v) is 3.78. The van der Waals surface area contributed by atoms with Gasteiger partial charge in [0.1, 0.15) is 5.82 Å². The Hall–Kier alpha value is -1.99. The van der Waals surface area contributed by atoms with Crippen LogP contribution in [0.15, 0.2) is 24.5 Å². The zero-order chi connectivity index (χ0) is 16.6. The largest absolute Gasteiger partial charge is 0.371 e. The van der Waals surface area contributed by atoms with Crippen LogP contribution in [0.1, 0.15) is 24.1 Å². The maximum Gasteiger partial charge on any atom is 0.148 e. The van der Waals surface area contributed by atoms with Gasteiger partial charge in [0, 0.05) is 44.9 Å². The number of likely N-dealkylation sites (tertiary alicyclic amines) is 1. The SMILES string of the molecule is Cc1ccc(N[C@H]2CO[C@]3(CCN(Cc4cnn(C)c4)C3)C2)nn1. The van der Waals surface area contributed by atoms with E-state index in [9.17, 15) is 0 Å². The molecule has 7 nitrogen and oxygen atoms in total. The molecule has 0 unspecified atom stereocenters. The van der Waals surface area contributed by atoms with Crippen molar-refractivity contribution in [1.29, 1.82) is 0 Å². The number of aryl methyl sites for hydroxylation is 2. The number of anilines is 1. The van der Waals surface area contributed by atoms with E-state index in [1.54, 1.807) is 0 Å². The van der Waals surface area contributed by atoms with Gasteiger partial charge in [0.05, 0.1) is 30.1 Å². The van der Waals surface area contributed by atoms with Crippen molar-refractivity contribution in [2.24, 2.45) is 7.05 Å². The minimum absolute atomic E-state index is 0.0159. The molecule has 2 atom stereocenters. The third-order valence-electron chi connectivity index (χ3n) is 4.92. The molecule has 2 aliphatic heterocycles. The van der Waals surface area contributed by atoms with Crippen LogP contribution in [-0.2, 0) is 18.3 Å². The number of hydrogen-bond donors (Lipinski definition) is 1. The summed E-state index contributed by atoms with van der Waals surface area (Å²) >= 11 is 0. The van der Waals surface area contributed by atoms with E-state index in [0.29, 0.717) is 6.04 Å². The molecule has 7 heteroatoms. The fraction of sp³-hybridized carbons (Fsp3) is 0.588. The highest BCUT2D eigenvalue weighted by Crippen LogP contribution is 2.36. The normalized spacial score (nSPS) is 27.2. The third-order valence-corrected chi connectivity index (χ3v) is 4.92. The zero-order valence-electron chi connectivity index (χ0n) is 14.3. The minimum atomic E-state index is -0.0159. The summed E-state index contributed by atoms with van der Waals surface area (Å²) in [4.78, 5) is 2.46. The maximum atomic E-state index is 6.21. The predicted octanol–water partition coefficient (Wildman–Crippen LogP) is 1.36. The molecule has 0 radical (unpaired) electrons. The summed E-state index contributed by atoms with van der Waals surface area (Å²) in [6, 6.07) is 4.27. The lowest BCUT2D eigenvalue weighted by Gasteiger charge is -2.23. The second-order valence-corrected chi connectivity index (χ2v) is 7.08. The van der Waals surface area contributed by atoms with Crippen LogP contribution in [0.3, 0.4) is 0 Å². The summed E-state index contributed by atoms with van der Waals surface area (Å²) in [7, 11) is 1.96. The first-order valence-electron chi connectivity index (χ1n) is 8.51. The highest BCUT2D eigenvalue weighted by Gasteiger charge is 2.45. The van der Waals surface area contributed by atoms with Crippen LogP contribution in [-0.4, -0.2) is 56.2 Å². The Balaban J connectivity index is 1.33. The van der Waals surface area contributed by atoms with Crippen molar-refractivity contribution in [3.05, 3.63) is 35.8 Å². The van der Waals surface area contributed by atoms with Gasteiger partial charge in [-0.25, -0.2) is 0 Å². The summed E-state index contributed by atoms with van der Waals surface area (Å²) in [5, 5.41) is 16.0. The molecule has 128 valence electrons. The molecule has 2 aromatic heterocycles. The first-order valence-corrected chi connectivity index (χ1v) is 8.51. The number of nitrogens with one attached hydrogen (secondary N) is 1. The molecule has 0 aliphatic carbocycles. The Morgan fingerprint density at radius 1 is 1.38 bits per heavy atom. The molecule has 4 rings (SSSR count). The average Bonchev–Trinajstić information content (AvgIpc) is 3.25. The van der Waals surface area contributed by atoms with E-state index >= 15 is 0 Å². The van der Waals surface area contributed by atoms with Crippen LogP contribution in [0.2, 0.25) is 0 Å². The van der Waals surface area contributed by atoms with Crippen molar-refractivity contribution < 1.29 is 4.74 Å². The van der Waals surface area contributed by atoms with Gasteiger partial charge in [-0.1, -0.05) is 0 Å². The summed E-state index contributed by atoms with van der Waals surface area (Å²) in [6.07, 6.45) is 6.14. The van der Waals surface area contributed by atoms with Crippen LogP contribution in [0, 0.1) is 6.92 Å². The molecule has 0 aromatic carbocycles. The summed E-state index contributed by atoms with van der Waals surface area (Å²) in [5.41, 5.74) is 2.18. The molecule has 2 aromatic rings. The van der Waals surface area contributed by atoms with Gasteiger partial charge in [-0.3, -0.25) is 9.58 Å². The summed E-state index contributed by atoms with van der Waals surface area (Å²) in [5.74, 6) is 0.830. The van der Waals surface area contributed by atoms with E-state index < -0.39 is 0 Å². The molecule has 2 fully saturated rings. The fourth-order valence-electron chi connectivity index (χ4n) is 3.78. The maximum absolute atomic E-state index is 6.21. The van der Waals surface area contributed by atoms with Crippen LogP contribution >= 0.6 is 0 Å². The minimum Gasteiger partial charge on any atom is -0.371 e. The van der Waals surface area contributed by atoms with Gasteiger partial charge in [-0.05, 0) is 25.5 Å². The monoisotopic (exact) mass is 328 g/mol. The van der Waals surface area contributed by atoms with E-state index in [2.05, 4.69) is 31.7 Å². The van der Waals surface area contributed by atoms with Crippen LogP contribution in [0.25, 0.3) is 0 Å². The van der Waals surface area contributed by atoms with Crippen molar-refractivity contribution in [1.82, 2.24) is 24.9 Å². The van der Waals surface area contributed by atoms with E-state index in [1.807, 2.05) is 37.0 Å². The Morgan fingerprint density at radius 2 is 2.29 bits per heavy atom. The number of nitrogens with zero attached hydrogens (tertiary/aromatic N) is 5. The molecular weight excluding hydrogens is 304 g/mol. The van der Waals surface area contributed by atoms with Gasteiger partial charge in [-0.15, -0.1) is 5.10 Å². The Labute approximate surface area is 142 Å². The molecule has 24 heavy (non-hydrogen) atoms. The van der Waals surface area contributed by atoms with Crippen molar-refractivity contribution in [3.63, 3.8) is 0 Å². The molecular formula is C17H24N6O. The van der Waals surface area contributed by atoms with Gasteiger partial charge in [0.15, 0.2) is 0 Å². The molecule has 0 saturated carbocycles. The second kappa shape index (κ2) is 6.14. The van der Waals surface area contributed by atoms with E-state index in [-0.39, 0.29) is 5.60 Å². The van der Waals surface area contributed by atoms with Crippen molar-refractivity contribution in [2.75, 3.05) is 25.0 Å². The quantitative estimate of drug-likeness (QED) is 0.914. The Morgan fingerprint density at radius 3 is 3.04 bits per heavy atom. The number of aromatic nitrogens is 4. The van der Waals surface area contributed by atoms with Crippen molar-refractivity contribution in [2.45, 2.75) is 38.0 Å². The number of ether oxygens (including phenoxy) is 1. The predicted molar refractivity (Wildman–Crippen MR) is 90.6 cm³/mol. The van der Waals surface area contributed by atoms with Crippen molar-refractivity contribution >= 4 is 5.82 Å². The van der Waals surface area contributed by atoms with Gasteiger partial charge < -0.3 is 10.1 Å². The van der Waals surface area contributed by atoms with Crippen LogP contribution in [0.5, 0.6) is 0 Å². The van der Waals surface area contributed by atoms with Crippen molar-refractivity contribution in [3.8, 4) is 0 Å². The van der Waals surface area contributed by atoms with Crippen LogP contribution < -0.4 is 5.32 Å². The zero-order valence-corrected chi connectivity index (χ0v) is 14.3. The number of rotatable bonds is 4. The molecule has 4 heterocycles. The van der Waals surface area contributed by atoms with E-state index in [4.69, 9.17) is 4.74 Å². The molecule has 1 N–H and O–H groups in total. The molecule has 0 amide bonds. The smallest absolute Gasteiger partial charge is 0.148 e. The molecule has 2 saturated heterocycles. The lowest BCUT2D eigenvalue weighted by molar-refractivity contribution is 0.0120. The summed E-state index contributed by atoms with van der Waals surface area (Å²) in [6.45, 7) is 5.68. The highest BCUT2D eigenvalue weighted by atomic mass is 16.5. The molecule has 1 spiro atoms. The van der Waals surface area contributed by atoms with Crippen LogP contribution in [0.4, 0.5) is 5.82 Å². The Kier molecular flexibility index (Phi) is 3.97. The number of hydrogen-bond acceptors (Lipinski definition) is 6. The van der Waals surface area contributed by atoms with E-state index in [0.717, 1.165) is 50.6 Å². The third kappa shape index (κ3) is 3.27.